The minimum atomic E-state index is -3.73. The molecule has 1 aliphatic rings. The van der Waals surface area contributed by atoms with Crippen LogP contribution < -0.4 is 5.32 Å². The molecular weight excluding hydrogens is 508 g/mol. The van der Waals surface area contributed by atoms with Crippen molar-refractivity contribution in [3.05, 3.63) is 27.7 Å². The van der Waals surface area contributed by atoms with Crippen LogP contribution in [0.3, 0.4) is 0 Å². The second-order valence-corrected chi connectivity index (χ2v) is 12.4. The number of hydrogen-bond donors (Lipinski definition) is 2. The van der Waals surface area contributed by atoms with Gasteiger partial charge in [-0.05, 0) is 48.2 Å². The predicted octanol–water partition coefficient (Wildman–Crippen LogP) is 3.98. The van der Waals surface area contributed by atoms with Crippen molar-refractivity contribution in [3.63, 3.8) is 0 Å². The number of morpholine rings is 1. The minimum Gasteiger partial charge on any atom is -0.379 e. The number of hydrogen-bond acceptors (Lipinski definition) is 9. The van der Waals surface area contributed by atoms with E-state index in [0.29, 0.717) is 25.9 Å². The van der Waals surface area contributed by atoms with Gasteiger partial charge in [-0.2, -0.15) is 0 Å². The standard InChI is InChI=1S/C19H25BrN4O3S3/c1-19(2,24-4-6-27-7-5-24)12-23-17-15(20)9-14(11-22-17)30(25,26)16-8-13(10-21)29-18(16)28-3/h8-11,21H,4-7,12H2,1-3H3,(H,22,23). The van der Waals surface area contributed by atoms with Crippen molar-refractivity contribution in [1.29, 1.82) is 5.41 Å². The van der Waals surface area contributed by atoms with E-state index in [9.17, 15) is 8.42 Å². The van der Waals surface area contributed by atoms with Gasteiger partial charge in [0.1, 0.15) is 5.82 Å². The van der Waals surface area contributed by atoms with Crippen LogP contribution in [-0.2, 0) is 14.6 Å². The summed E-state index contributed by atoms with van der Waals surface area (Å²) in [6.07, 6.45) is 4.38. The Balaban J connectivity index is 1.79. The van der Waals surface area contributed by atoms with Gasteiger partial charge in [0.15, 0.2) is 0 Å². The average Bonchev–Trinajstić information content (AvgIpc) is 3.18. The number of pyridine rings is 1. The van der Waals surface area contributed by atoms with E-state index < -0.39 is 9.84 Å². The third-order valence-corrected chi connectivity index (χ3v) is 9.81. The first kappa shape index (κ1) is 23.7. The van der Waals surface area contributed by atoms with E-state index >= 15 is 0 Å². The Hall–Kier alpha value is -0.980. The Morgan fingerprint density at radius 1 is 1.40 bits per heavy atom. The molecule has 2 aromatic heterocycles. The number of nitrogens with one attached hydrogen (secondary N) is 2. The first-order valence-corrected chi connectivity index (χ1v) is 13.7. The number of halogens is 1. The number of aromatic nitrogens is 1. The summed E-state index contributed by atoms with van der Waals surface area (Å²) in [4.78, 5) is 7.70. The number of nitrogens with zero attached hydrogens (tertiary/aromatic N) is 2. The van der Waals surface area contributed by atoms with E-state index in [1.807, 2.05) is 6.26 Å². The molecule has 1 fully saturated rings. The normalized spacial score (nSPS) is 15.9. The zero-order valence-electron chi connectivity index (χ0n) is 17.1. The summed E-state index contributed by atoms with van der Waals surface area (Å²) >= 11 is 6.13. The molecule has 0 radical (unpaired) electrons. The molecule has 30 heavy (non-hydrogen) atoms. The van der Waals surface area contributed by atoms with Gasteiger partial charge >= 0.3 is 0 Å². The number of thioether (sulfide) groups is 1. The van der Waals surface area contributed by atoms with Crippen molar-refractivity contribution in [2.45, 2.75) is 33.4 Å². The molecule has 11 heteroatoms. The van der Waals surface area contributed by atoms with E-state index in [0.717, 1.165) is 26.3 Å². The molecule has 0 unspecified atom stereocenters. The van der Waals surface area contributed by atoms with Crippen molar-refractivity contribution in [1.82, 2.24) is 9.88 Å². The number of ether oxygens (including phenoxy) is 1. The van der Waals surface area contributed by atoms with Gasteiger partial charge in [-0.3, -0.25) is 4.90 Å². The molecule has 0 saturated carbocycles. The van der Waals surface area contributed by atoms with Crippen molar-refractivity contribution in [3.8, 4) is 0 Å². The molecule has 0 spiro atoms. The van der Waals surface area contributed by atoms with Gasteiger partial charge < -0.3 is 15.5 Å². The van der Waals surface area contributed by atoms with Gasteiger partial charge in [-0.15, -0.1) is 23.1 Å². The molecule has 2 N–H and O–H groups in total. The third kappa shape index (κ3) is 5.08. The molecule has 3 heterocycles. The first-order valence-electron chi connectivity index (χ1n) is 9.34. The first-order chi connectivity index (χ1) is 14.2. The fraction of sp³-hybridized carbons (Fsp3) is 0.474. The maximum Gasteiger partial charge on any atom is 0.210 e. The predicted molar refractivity (Wildman–Crippen MR) is 126 cm³/mol. The fourth-order valence-corrected chi connectivity index (χ4v) is 7.64. The van der Waals surface area contributed by atoms with Crippen LogP contribution in [0.2, 0.25) is 0 Å². The van der Waals surface area contributed by atoms with Gasteiger partial charge in [0, 0.05) is 42.5 Å². The second kappa shape index (κ2) is 9.66. The maximum atomic E-state index is 13.1. The van der Waals surface area contributed by atoms with Crippen LogP contribution in [0.5, 0.6) is 0 Å². The highest BCUT2D eigenvalue weighted by molar-refractivity contribution is 9.10. The van der Waals surface area contributed by atoms with E-state index in [1.165, 1.54) is 35.5 Å². The molecule has 2 aromatic rings. The molecule has 0 atom stereocenters. The quantitative estimate of drug-likeness (QED) is 0.392. The number of sulfone groups is 1. The molecule has 0 amide bonds. The summed E-state index contributed by atoms with van der Waals surface area (Å²) in [6.45, 7) is 8.23. The van der Waals surface area contributed by atoms with Gasteiger partial charge in [-0.1, -0.05) is 0 Å². The topological polar surface area (TPSA) is 95.4 Å². The van der Waals surface area contributed by atoms with Crippen LogP contribution in [-0.4, -0.2) is 69.2 Å². The van der Waals surface area contributed by atoms with Crippen LogP contribution in [0.1, 0.15) is 18.7 Å². The average molecular weight is 534 g/mol. The molecule has 164 valence electrons. The van der Waals surface area contributed by atoms with Crippen molar-refractivity contribution in [2.24, 2.45) is 0 Å². The van der Waals surface area contributed by atoms with Crippen LogP contribution in [0.15, 0.2) is 36.8 Å². The minimum absolute atomic E-state index is 0.0945. The Labute approximate surface area is 194 Å². The summed E-state index contributed by atoms with van der Waals surface area (Å²) < 4.78 is 33.0. The highest BCUT2D eigenvalue weighted by Gasteiger charge is 2.29. The molecular formula is C19H25BrN4O3S3. The highest BCUT2D eigenvalue weighted by Crippen LogP contribution is 2.37. The van der Waals surface area contributed by atoms with E-state index in [1.54, 1.807) is 12.1 Å². The van der Waals surface area contributed by atoms with E-state index in [4.69, 9.17) is 10.1 Å². The van der Waals surface area contributed by atoms with Crippen molar-refractivity contribution >= 4 is 60.9 Å². The molecule has 7 nitrogen and oxygen atoms in total. The SMILES string of the molecule is CSc1sc(C=N)cc1S(=O)(=O)c1cnc(NCC(C)(C)N2CCOCC2)c(Br)c1. The zero-order chi connectivity index (χ0) is 21.9. The molecule has 3 rings (SSSR count). The van der Waals surface area contributed by atoms with Crippen LogP contribution in [0, 0.1) is 5.41 Å². The summed E-state index contributed by atoms with van der Waals surface area (Å²) in [7, 11) is -3.73. The summed E-state index contributed by atoms with van der Waals surface area (Å²) in [6, 6.07) is 3.13. The highest BCUT2D eigenvalue weighted by atomic mass is 79.9. The van der Waals surface area contributed by atoms with Gasteiger partial charge in [-0.25, -0.2) is 13.4 Å². The lowest BCUT2D eigenvalue weighted by molar-refractivity contribution is -0.00570. The van der Waals surface area contributed by atoms with Crippen molar-refractivity contribution < 1.29 is 13.2 Å². The largest absolute Gasteiger partial charge is 0.379 e. The van der Waals surface area contributed by atoms with Crippen LogP contribution in [0.4, 0.5) is 5.82 Å². The van der Waals surface area contributed by atoms with Gasteiger partial charge in [0.2, 0.25) is 9.84 Å². The second-order valence-electron chi connectivity index (χ2n) is 7.42. The Kier molecular flexibility index (Phi) is 7.62. The van der Waals surface area contributed by atoms with Crippen LogP contribution >= 0.6 is 39.0 Å². The number of anilines is 1. The third-order valence-electron chi connectivity index (χ3n) is 4.98. The van der Waals surface area contributed by atoms with Gasteiger partial charge in [0.05, 0.1) is 31.7 Å². The molecule has 1 saturated heterocycles. The Morgan fingerprint density at radius 2 is 2.10 bits per heavy atom. The summed E-state index contributed by atoms with van der Waals surface area (Å²) in [5, 5.41) is 10.8. The smallest absolute Gasteiger partial charge is 0.210 e. The lowest BCUT2D eigenvalue weighted by atomic mass is 10.0. The van der Waals surface area contributed by atoms with E-state index in [-0.39, 0.29) is 15.3 Å². The lowest BCUT2D eigenvalue weighted by Crippen LogP contribution is -2.53. The van der Waals surface area contributed by atoms with Crippen molar-refractivity contribution in [2.75, 3.05) is 44.4 Å². The monoisotopic (exact) mass is 532 g/mol. The summed E-state index contributed by atoms with van der Waals surface area (Å²) in [5.74, 6) is 0.603. The summed E-state index contributed by atoms with van der Waals surface area (Å²) in [5.41, 5.74) is -0.0945. The molecule has 1 aliphatic heterocycles. The number of rotatable bonds is 8. The molecule has 0 aliphatic carbocycles. The molecule has 0 bridgehead atoms. The zero-order valence-corrected chi connectivity index (χ0v) is 21.1. The van der Waals surface area contributed by atoms with Gasteiger partial charge in [0.25, 0.3) is 0 Å². The maximum absolute atomic E-state index is 13.1. The van der Waals surface area contributed by atoms with E-state index in [2.05, 4.69) is 45.0 Å². The molecule has 0 aromatic carbocycles. The number of thiophene rings is 1. The van der Waals surface area contributed by atoms with Crippen LogP contribution in [0.25, 0.3) is 0 Å². The lowest BCUT2D eigenvalue weighted by Gasteiger charge is -2.41. The fourth-order valence-electron chi connectivity index (χ4n) is 3.18. The Morgan fingerprint density at radius 3 is 2.70 bits per heavy atom. The Bertz CT molecular complexity index is 1020.